The zero-order valence-electron chi connectivity index (χ0n) is 13.1. The summed E-state index contributed by atoms with van der Waals surface area (Å²) in [4.78, 5) is 12.9. The van der Waals surface area contributed by atoms with Crippen molar-refractivity contribution in [3.63, 3.8) is 0 Å². The first-order valence-corrected chi connectivity index (χ1v) is 7.37. The van der Waals surface area contributed by atoms with E-state index in [2.05, 4.69) is 25.3 Å². The molecule has 0 radical (unpaired) electrons. The van der Waals surface area contributed by atoms with Crippen molar-refractivity contribution in [3.8, 4) is 11.5 Å². The Hall–Kier alpha value is -3.29. The fourth-order valence-electron chi connectivity index (χ4n) is 2.57. The van der Waals surface area contributed by atoms with Crippen LogP contribution in [0.5, 0.6) is 0 Å². The molecule has 0 saturated carbocycles. The van der Waals surface area contributed by atoms with Crippen LogP contribution in [0.15, 0.2) is 33.6 Å². The number of aryl methyl sites for hydroxylation is 2. The molecule has 0 spiro atoms. The highest BCUT2D eigenvalue weighted by Gasteiger charge is 2.15. The summed E-state index contributed by atoms with van der Waals surface area (Å²) >= 11 is 0. The third-order valence-electron chi connectivity index (χ3n) is 3.84. The lowest BCUT2D eigenvalue weighted by molar-refractivity contribution is 0.315. The average Bonchev–Trinajstić information content (AvgIpc) is 3.21. The van der Waals surface area contributed by atoms with Gasteiger partial charge >= 0.3 is 0 Å². The minimum atomic E-state index is 0.419. The van der Waals surface area contributed by atoms with Gasteiger partial charge in [0.05, 0.1) is 11.9 Å². The molecule has 4 aromatic heterocycles. The summed E-state index contributed by atoms with van der Waals surface area (Å²) in [6.45, 7) is 3.68. The third kappa shape index (κ3) is 2.37. The van der Waals surface area contributed by atoms with Crippen molar-refractivity contribution in [3.05, 3.63) is 47.2 Å². The molecule has 8 nitrogen and oxygen atoms in total. The van der Waals surface area contributed by atoms with Crippen LogP contribution in [0.1, 0.15) is 22.7 Å². The summed E-state index contributed by atoms with van der Waals surface area (Å²) in [5.74, 6) is 1.26. The second-order valence-electron chi connectivity index (χ2n) is 5.50. The van der Waals surface area contributed by atoms with Gasteiger partial charge < -0.3 is 10.2 Å². The van der Waals surface area contributed by atoms with E-state index < -0.39 is 0 Å². The minimum absolute atomic E-state index is 0.419. The molecule has 4 aromatic rings. The lowest BCUT2D eigenvalue weighted by Gasteiger charge is -2.08. The molecule has 2 N–H and O–H groups in total. The summed E-state index contributed by atoms with van der Waals surface area (Å²) < 4.78 is 10.2. The van der Waals surface area contributed by atoms with Gasteiger partial charge in [0.15, 0.2) is 17.2 Å². The second kappa shape index (κ2) is 5.41. The largest absolute Gasteiger partial charge is 0.439 e. The first-order chi connectivity index (χ1) is 11.6. The Morgan fingerprint density at radius 2 is 1.96 bits per heavy atom. The van der Waals surface area contributed by atoms with Crippen molar-refractivity contribution in [2.24, 2.45) is 0 Å². The summed E-state index contributed by atoms with van der Waals surface area (Å²) in [6, 6.07) is 3.87. The molecule has 120 valence electrons. The molecule has 4 rings (SSSR count). The van der Waals surface area contributed by atoms with Gasteiger partial charge in [-0.25, -0.2) is 14.6 Å². The predicted molar refractivity (Wildman–Crippen MR) is 86.0 cm³/mol. The van der Waals surface area contributed by atoms with E-state index in [1.165, 1.54) is 0 Å². The molecule has 0 bridgehead atoms. The van der Waals surface area contributed by atoms with E-state index in [0.29, 0.717) is 34.9 Å². The number of hydrogen-bond acceptors (Lipinski definition) is 8. The normalized spacial score (nSPS) is 11.2. The van der Waals surface area contributed by atoms with Gasteiger partial charge in [-0.2, -0.15) is 0 Å². The van der Waals surface area contributed by atoms with Crippen LogP contribution in [-0.4, -0.2) is 25.3 Å². The molecule has 0 aliphatic carbocycles. The minimum Gasteiger partial charge on any atom is -0.439 e. The van der Waals surface area contributed by atoms with E-state index in [1.54, 1.807) is 19.3 Å². The maximum absolute atomic E-state index is 6.19. The Kier molecular flexibility index (Phi) is 3.23. The average molecular weight is 322 g/mol. The molecule has 0 aromatic carbocycles. The Morgan fingerprint density at radius 1 is 1.08 bits per heavy atom. The number of rotatable bonds is 3. The van der Waals surface area contributed by atoms with Gasteiger partial charge in [0.2, 0.25) is 5.65 Å². The lowest BCUT2D eigenvalue weighted by atomic mass is 10.0. The van der Waals surface area contributed by atoms with Crippen molar-refractivity contribution in [1.29, 1.82) is 0 Å². The first kappa shape index (κ1) is 14.3. The fourth-order valence-corrected chi connectivity index (χ4v) is 2.57. The maximum atomic E-state index is 6.19. The quantitative estimate of drug-likeness (QED) is 0.611. The van der Waals surface area contributed by atoms with E-state index in [9.17, 15) is 0 Å². The molecule has 8 heteroatoms. The number of nitrogens with zero attached hydrogens (tertiary/aromatic N) is 5. The highest BCUT2D eigenvalue weighted by molar-refractivity contribution is 5.85. The van der Waals surface area contributed by atoms with Crippen LogP contribution in [-0.2, 0) is 6.42 Å². The molecule has 24 heavy (non-hydrogen) atoms. The maximum Gasteiger partial charge on any atom is 0.226 e. The number of pyridine rings is 2. The molecule has 4 heterocycles. The Balaban J connectivity index is 1.66. The first-order valence-electron chi connectivity index (χ1n) is 7.37. The van der Waals surface area contributed by atoms with Crippen molar-refractivity contribution in [2.75, 3.05) is 5.73 Å². The van der Waals surface area contributed by atoms with Gasteiger partial charge in [0.25, 0.3) is 0 Å². The van der Waals surface area contributed by atoms with Crippen molar-refractivity contribution in [2.45, 2.75) is 20.3 Å². The number of hydrogen-bond donors (Lipinski definition) is 1. The number of anilines is 1. The van der Waals surface area contributed by atoms with Crippen molar-refractivity contribution >= 4 is 16.9 Å². The Morgan fingerprint density at radius 3 is 2.67 bits per heavy atom. The van der Waals surface area contributed by atoms with E-state index in [-0.39, 0.29) is 0 Å². The zero-order chi connectivity index (χ0) is 16.7. The van der Waals surface area contributed by atoms with Crippen molar-refractivity contribution in [1.82, 2.24) is 25.3 Å². The van der Waals surface area contributed by atoms with E-state index >= 15 is 0 Å². The number of fused-ring (bicyclic) bond motifs is 1. The predicted octanol–water partition coefficient (Wildman–Crippen LogP) is 2.46. The van der Waals surface area contributed by atoms with Crippen LogP contribution in [0.3, 0.4) is 0 Å². The summed E-state index contributed by atoms with van der Waals surface area (Å²) in [5.41, 5.74) is 11.1. The summed E-state index contributed by atoms with van der Waals surface area (Å²) in [5, 5.41) is 7.54. The lowest BCUT2D eigenvalue weighted by Crippen LogP contribution is -2.03. The molecular formula is C16H14N6O2. The standard InChI is InChI=1S/C16H14N6O2/c1-8-11(14(17)15-16(20-8)22-24-21-15)5-10-3-4-12(19-6-10)13-7-18-9(2)23-13/h3-4,6-7H,5,17H2,1-2H3. The molecule has 0 unspecified atom stereocenters. The third-order valence-corrected chi connectivity index (χ3v) is 3.84. The molecule has 0 aliphatic heterocycles. The fraction of sp³-hybridized carbons (Fsp3) is 0.188. The van der Waals surface area contributed by atoms with Gasteiger partial charge in [0, 0.05) is 30.8 Å². The number of nitrogens with two attached hydrogens (primary N) is 1. The molecular weight excluding hydrogens is 308 g/mol. The number of aromatic nitrogens is 5. The van der Waals surface area contributed by atoms with Crippen LogP contribution in [0.2, 0.25) is 0 Å². The molecule has 0 amide bonds. The van der Waals surface area contributed by atoms with Gasteiger partial charge in [-0.15, -0.1) is 0 Å². The SMILES string of the molecule is Cc1ncc(-c2ccc(Cc3c(C)nc4nonc4c3N)cn2)o1. The van der Waals surface area contributed by atoms with Crippen LogP contribution >= 0.6 is 0 Å². The van der Waals surface area contributed by atoms with E-state index in [1.807, 2.05) is 19.1 Å². The monoisotopic (exact) mass is 322 g/mol. The van der Waals surface area contributed by atoms with Crippen LogP contribution in [0.25, 0.3) is 22.6 Å². The molecule has 0 aliphatic rings. The Bertz CT molecular complexity index is 1020. The highest BCUT2D eigenvalue weighted by atomic mass is 16.6. The van der Waals surface area contributed by atoms with Crippen molar-refractivity contribution < 1.29 is 9.05 Å². The van der Waals surface area contributed by atoms with E-state index in [4.69, 9.17) is 14.8 Å². The number of oxazole rings is 1. The van der Waals surface area contributed by atoms with Gasteiger partial charge in [-0.1, -0.05) is 6.07 Å². The van der Waals surface area contributed by atoms with Crippen LogP contribution < -0.4 is 5.73 Å². The summed E-state index contributed by atoms with van der Waals surface area (Å²) in [6.07, 6.45) is 4.04. The van der Waals surface area contributed by atoms with Crippen LogP contribution in [0, 0.1) is 13.8 Å². The Labute approximate surface area is 136 Å². The molecule has 0 fully saturated rings. The van der Waals surface area contributed by atoms with Gasteiger partial charge in [0.1, 0.15) is 5.69 Å². The molecule has 0 saturated heterocycles. The zero-order valence-corrected chi connectivity index (χ0v) is 13.1. The topological polar surface area (TPSA) is 117 Å². The van der Waals surface area contributed by atoms with Crippen LogP contribution in [0.4, 0.5) is 5.69 Å². The second-order valence-corrected chi connectivity index (χ2v) is 5.50. The smallest absolute Gasteiger partial charge is 0.226 e. The molecule has 0 atom stereocenters. The van der Waals surface area contributed by atoms with Gasteiger partial charge in [-0.05, 0) is 28.9 Å². The number of nitrogen functional groups attached to an aromatic ring is 1. The summed E-state index contributed by atoms with van der Waals surface area (Å²) in [7, 11) is 0. The van der Waals surface area contributed by atoms with E-state index in [0.717, 1.165) is 22.5 Å². The van der Waals surface area contributed by atoms with Gasteiger partial charge in [-0.3, -0.25) is 4.98 Å². The highest BCUT2D eigenvalue weighted by Crippen LogP contribution is 2.26.